The predicted octanol–water partition coefficient (Wildman–Crippen LogP) is 0.860. The van der Waals surface area contributed by atoms with Crippen LogP contribution in [0.3, 0.4) is 0 Å². The maximum Gasteiger partial charge on any atom is 0.293 e. The average Bonchev–Trinajstić information content (AvgIpc) is 2.31. The first-order valence-corrected chi connectivity index (χ1v) is 6.56. The number of aliphatic hydroxyl groups is 1. The van der Waals surface area contributed by atoms with Gasteiger partial charge >= 0.3 is 0 Å². The van der Waals surface area contributed by atoms with Crippen LogP contribution in [-0.2, 0) is 6.54 Å². The molecule has 0 aromatic carbocycles. The van der Waals surface area contributed by atoms with Crippen molar-refractivity contribution in [2.45, 2.75) is 39.3 Å². The van der Waals surface area contributed by atoms with Crippen LogP contribution in [0.15, 0.2) is 17.2 Å². The molecule has 1 saturated heterocycles. The van der Waals surface area contributed by atoms with E-state index in [-0.39, 0.29) is 11.7 Å². The summed E-state index contributed by atoms with van der Waals surface area (Å²) in [4.78, 5) is 18.4. The summed E-state index contributed by atoms with van der Waals surface area (Å²) in [6, 6.07) is 0. The molecule has 5 heteroatoms. The minimum Gasteiger partial charge on any atom is -0.391 e. The number of aromatic nitrogens is 2. The van der Waals surface area contributed by atoms with Crippen molar-refractivity contribution in [2.75, 3.05) is 18.0 Å². The summed E-state index contributed by atoms with van der Waals surface area (Å²) in [5.41, 5.74) is -0.0553. The van der Waals surface area contributed by atoms with E-state index in [1.54, 1.807) is 17.0 Å². The molecule has 0 bridgehead atoms. The molecule has 0 spiro atoms. The zero-order chi connectivity index (χ0) is 13.1. The Hall–Kier alpha value is -1.36. The molecule has 0 aliphatic carbocycles. The molecule has 2 heterocycles. The second-order valence-corrected chi connectivity index (χ2v) is 5.34. The van der Waals surface area contributed by atoms with Gasteiger partial charge in [0.15, 0.2) is 5.82 Å². The largest absolute Gasteiger partial charge is 0.391 e. The molecule has 0 radical (unpaired) electrons. The zero-order valence-corrected chi connectivity index (χ0v) is 11.0. The molecule has 1 fully saturated rings. The summed E-state index contributed by atoms with van der Waals surface area (Å²) < 4.78 is 1.70. The van der Waals surface area contributed by atoms with E-state index in [0.29, 0.717) is 24.8 Å². The first kappa shape index (κ1) is 13.1. The van der Waals surface area contributed by atoms with Gasteiger partial charge in [-0.05, 0) is 18.8 Å². The van der Waals surface area contributed by atoms with E-state index in [2.05, 4.69) is 18.8 Å². The van der Waals surface area contributed by atoms with Gasteiger partial charge in [-0.3, -0.25) is 4.79 Å². The van der Waals surface area contributed by atoms with Crippen molar-refractivity contribution in [1.82, 2.24) is 9.55 Å². The monoisotopic (exact) mass is 251 g/mol. The third-order valence-corrected chi connectivity index (χ3v) is 3.15. The number of anilines is 1. The van der Waals surface area contributed by atoms with Crippen LogP contribution in [0.5, 0.6) is 0 Å². The first-order chi connectivity index (χ1) is 8.58. The minimum absolute atomic E-state index is 0.0553. The van der Waals surface area contributed by atoms with Crippen LogP contribution in [0.4, 0.5) is 5.82 Å². The van der Waals surface area contributed by atoms with Crippen molar-refractivity contribution in [3.8, 4) is 0 Å². The standard InChI is InChI=1S/C13H21N3O2/c1-10(2)8-16-7-5-14-12(13(16)18)15-6-3-4-11(17)9-15/h5,7,10-11,17H,3-4,6,8-9H2,1-2H3. The van der Waals surface area contributed by atoms with Gasteiger partial charge in [0.2, 0.25) is 0 Å². The van der Waals surface area contributed by atoms with Crippen LogP contribution in [0.1, 0.15) is 26.7 Å². The van der Waals surface area contributed by atoms with Crippen molar-refractivity contribution in [3.63, 3.8) is 0 Å². The predicted molar refractivity (Wildman–Crippen MR) is 70.8 cm³/mol. The van der Waals surface area contributed by atoms with E-state index in [0.717, 1.165) is 19.4 Å². The lowest BCUT2D eigenvalue weighted by Gasteiger charge is -2.30. The fourth-order valence-corrected chi connectivity index (χ4v) is 2.34. The van der Waals surface area contributed by atoms with Gasteiger partial charge in [-0.25, -0.2) is 4.98 Å². The second-order valence-electron chi connectivity index (χ2n) is 5.34. The second kappa shape index (κ2) is 5.52. The van der Waals surface area contributed by atoms with Crippen LogP contribution < -0.4 is 10.5 Å². The Morgan fingerprint density at radius 2 is 2.33 bits per heavy atom. The Morgan fingerprint density at radius 3 is 3.00 bits per heavy atom. The van der Waals surface area contributed by atoms with Crippen molar-refractivity contribution in [1.29, 1.82) is 0 Å². The molecule has 1 aliphatic heterocycles. The summed E-state index contributed by atoms with van der Waals surface area (Å²) in [6.07, 6.45) is 4.76. The van der Waals surface area contributed by atoms with Crippen molar-refractivity contribution in [2.24, 2.45) is 5.92 Å². The van der Waals surface area contributed by atoms with Gasteiger partial charge < -0.3 is 14.6 Å². The Balaban J connectivity index is 2.25. The molecule has 18 heavy (non-hydrogen) atoms. The maximum absolute atomic E-state index is 12.3. The highest BCUT2D eigenvalue weighted by Gasteiger charge is 2.21. The third-order valence-electron chi connectivity index (χ3n) is 3.15. The van der Waals surface area contributed by atoms with Gasteiger partial charge in [0.25, 0.3) is 5.56 Å². The number of piperidine rings is 1. The molecule has 1 N–H and O–H groups in total. The highest BCUT2D eigenvalue weighted by molar-refractivity contribution is 5.36. The molecule has 0 amide bonds. The van der Waals surface area contributed by atoms with Gasteiger partial charge in [-0.15, -0.1) is 0 Å². The van der Waals surface area contributed by atoms with Gasteiger partial charge in [0, 0.05) is 32.0 Å². The number of nitrogens with zero attached hydrogens (tertiary/aromatic N) is 3. The van der Waals surface area contributed by atoms with Crippen molar-refractivity contribution < 1.29 is 5.11 Å². The Morgan fingerprint density at radius 1 is 1.56 bits per heavy atom. The highest BCUT2D eigenvalue weighted by Crippen LogP contribution is 2.14. The molecular formula is C13H21N3O2. The normalized spacial score (nSPS) is 20.4. The highest BCUT2D eigenvalue weighted by atomic mass is 16.3. The van der Waals surface area contributed by atoms with Crippen LogP contribution in [0.25, 0.3) is 0 Å². The number of hydrogen-bond acceptors (Lipinski definition) is 4. The van der Waals surface area contributed by atoms with E-state index in [1.807, 2.05) is 4.90 Å². The molecule has 1 unspecified atom stereocenters. The molecule has 5 nitrogen and oxygen atoms in total. The fraction of sp³-hybridized carbons (Fsp3) is 0.692. The topological polar surface area (TPSA) is 58.4 Å². The van der Waals surface area contributed by atoms with E-state index < -0.39 is 0 Å². The van der Waals surface area contributed by atoms with E-state index >= 15 is 0 Å². The molecule has 0 saturated carbocycles. The average molecular weight is 251 g/mol. The van der Waals surface area contributed by atoms with E-state index in [9.17, 15) is 9.90 Å². The lowest BCUT2D eigenvalue weighted by molar-refractivity contribution is 0.153. The number of β-amino-alcohol motifs (C(OH)–C–C–N with tert-alkyl or cyclic N) is 1. The Bertz CT molecular complexity index is 456. The SMILES string of the molecule is CC(C)Cn1ccnc(N2CCCC(O)C2)c1=O. The minimum atomic E-state index is -0.348. The van der Waals surface area contributed by atoms with E-state index in [1.165, 1.54) is 0 Å². The molecule has 1 aliphatic rings. The number of hydrogen-bond donors (Lipinski definition) is 1. The Kier molecular flexibility index (Phi) is 4.01. The smallest absolute Gasteiger partial charge is 0.293 e. The van der Waals surface area contributed by atoms with Crippen LogP contribution in [0, 0.1) is 5.92 Å². The lowest BCUT2D eigenvalue weighted by Crippen LogP contribution is -2.42. The van der Waals surface area contributed by atoms with E-state index in [4.69, 9.17) is 0 Å². The van der Waals surface area contributed by atoms with Crippen LogP contribution >= 0.6 is 0 Å². The molecule has 1 atom stereocenters. The summed E-state index contributed by atoms with van der Waals surface area (Å²) in [7, 11) is 0. The number of rotatable bonds is 3. The lowest BCUT2D eigenvalue weighted by atomic mass is 10.1. The number of aliphatic hydroxyl groups excluding tert-OH is 1. The maximum atomic E-state index is 12.3. The van der Waals surface area contributed by atoms with Crippen molar-refractivity contribution >= 4 is 5.82 Å². The van der Waals surface area contributed by atoms with Gasteiger partial charge in [-0.1, -0.05) is 13.8 Å². The van der Waals surface area contributed by atoms with Crippen molar-refractivity contribution in [3.05, 3.63) is 22.7 Å². The van der Waals surface area contributed by atoms with Gasteiger partial charge in [0.05, 0.1) is 6.10 Å². The van der Waals surface area contributed by atoms with Crippen LogP contribution in [-0.4, -0.2) is 33.9 Å². The third kappa shape index (κ3) is 2.90. The summed E-state index contributed by atoms with van der Waals surface area (Å²) in [6.45, 7) is 6.16. The molecule has 2 rings (SSSR count). The summed E-state index contributed by atoms with van der Waals surface area (Å²) in [5.74, 6) is 0.891. The van der Waals surface area contributed by atoms with Gasteiger partial charge in [0.1, 0.15) is 0 Å². The molecular weight excluding hydrogens is 230 g/mol. The quantitative estimate of drug-likeness (QED) is 0.865. The summed E-state index contributed by atoms with van der Waals surface area (Å²) >= 11 is 0. The Labute approximate surface area is 107 Å². The van der Waals surface area contributed by atoms with Gasteiger partial charge in [-0.2, -0.15) is 0 Å². The first-order valence-electron chi connectivity index (χ1n) is 6.56. The molecule has 1 aromatic rings. The fourth-order valence-electron chi connectivity index (χ4n) is 2.34. The zero-order valence-electron chi connectivity index (χ0n) is 11.0. The van der Waals surface area contributed by atoms with Crippen LogP contribution in [0.2, 0.25) is 0 Å². The molecule has 100 valence electrons. The molecule has 1 aromatic heterocycles. The summed E-state index contributed by atoms with van der Waals surface area (Å²) in [5, 5.41) is 9.67.